The summed E-state index contributed by atoms with van der Waals surface area (Å²) in [5.41, 5.74) is 2.27. The third kappa shape index (κ3) is 1.13. The van der Waals surface area contributed by atoms with Crippen molar-refractivity contribution in [1.29, 1.82) is 0 Å². The Morgan fingerprint density at radius 3 is 2.93 bits per heavy atom. The molecule has 1 atom stereocenters. The predicted molar refractivity (Wildman–Crippen MR) is 58.7 cm³/mol. The largest absolute Gasteiger partial charge is 0.392 e. The van der Waals surface area contributed by atoms with Gasteiger partial charge in [0.2, 0.25) is 0 Å². The van der Waals surface area contributed by atoms with Crippen LogP contribution in [0.15, 0.2) is 24.4 Å². The van der Waals surface area contributed by atoms with Crippen LogP contribution in [0, 0.1) is 0 Å². The number of hydrogen-bond acceptors (Lipinski definition) is 2. The Labute approximate surface area is 88.1 Å². The minimum Gasteiger partial charge on any atom is -0.392 e. The van der Waals surface area contributed by atoms with E-state index in [0.717, 1.165) is 23.7 Å². The molecule has 1 aromatic carbocycles. The lowest BCUT2D eigenvalue weighted by molar-refractivity contribution is 0.151. The molecule has 78 valence electrons. The fraction of sp³-hybridized carbons (Fsp3) is 0.417. The van der Waals surface area contributed by atoms with E-state index in [1.807, 2.05) is 25.3 Å². The molecule has 1 unspecified atom stereocenters. The van der Waals surface area contributed by atoms with Crippen molar-refractivity contribution >= 4 is 10.9 Å². The van der Waals surface area contributed by atoms with E-state index in [9.17, 15) is 5.11 Å². The van der Waals surface area contributed by atoms with E-state index in [1.54, 1.807) is 0 Å². The molecule has 0 spiro atoms. The summed E-state index contributed by atoms with van der Waals surface area (Å²) in [6, 6.07) is 6.18. The smallest absolute Gasteiger partial charge is 0.0688 e. The second-order valence-corrected chi connectivity index (χ2v) is 4.47. The van der Waals surface area contributed by atoms with Crippen LogP contribution in [-0.4, -0.2) is 21.4 Å². The first-order valence-electron chi connectivity index (χ1n) is 5.35. The SMILES string of the molecule is CC(O)C1(c2cccc3cn[nH]c23)CC1. The van der Waals surface area contributed by atoms with Gasteiger partial charge < -0.3 is 5.11 Å². The number of nitrogens with zero attached hydrogens (tertiary/aromatic N) is 1. The van der Waals surface area contributed by atoms with Crippen molar-refractivity contribution in [3.63, 3.8) is 0 Å². The average molecular weight is 202 g/mol. The average Bonchev–Trinajstić information content (AvgIpc) is 2.89. The van der Waals surface area contributed by atoms with Gasteiger partial charge >= 0.3 is 0 Å². The third-order valence-electron chi connectivity index (χ3n) is 3.60. The predicted octanol–water partition coefficient (Wildman–Crippen LogP) is 1.98. The Hall–Kier alpha value is -1.35. The van der Waals surface area contributed by atoms with E-state index in [2.05, 4.69) is 16.3 Å². The van der Waals surface area contributed by atoms with Crippen molar-refractivity contribution in [2.24, 2.45) is 0 Å². The summed E-state index contributed by atoms with van der Waals surface area (Å²) in [7, 11) is 0. The molecule has 3 rings (SSSR count). The van der Waals surface area contributed by atoms with E-state index in [0.29, 0.717) is 0 Å². The Morgan fingerprint density at radius 1 is 1.47 bits per heavy atom. The Balaban J connectivity index is 2.23. The number of aromatic amines is 1. The lowest BCUT2D eigenvalue weighted by atomic mass is 9.89. The molecule has 1 heterocycles. The highest BCUT2D eigenvalue weighted by Gasteiger charge is 2.49. The first kappa shape index (κ1) is 8.92. The van der Waals surface area contributed by atoms with Crippen molar-refractivity contribution in [2.75, 3.05) is 0 Å². The number of benzene rings is 1. The first-order chi connectivity index (χ1) is 7.24. The Kier molecular flexibility index (Phi) is 1.68. The van der Waals surface area contributed by atoms with Gasteiger partial charge in [-0.25, -0.2) is 0 Å². The van der Waals surface area contributed by atoms with Crippen LogP contribution in [0.2, 0.25) is 0 Å². The fourth-order valence-corrected chi connectivity index (χ4v) is 2.43. The standard InChI is InChI=1S/C12H14N2O/c1-8(15)12(5-6-12)10-4-2-3-9-7-13-14-11(9)10/h2-4,7-8,15H,5-6H2,1H3,(H,13,14). The molecule has 3 heteroatoms. The highest BCUT2D eigenvalue weighted by Crippen LogP contribution is 2.52. The lowest BCUT2D eigenvalue weighted by Crippen LogP contribution is -2.22. The number of aliphatic hydroxyl groups is 1. The number of nitrogens with one attached hydrogen (secondary N) is 1. The summed E-state index contributed by atoms with van der Waals surface area (Å²) in [4.78, 5) is 0. The maximum Gasteiger partial charge on any atom is 0.0688 e. The first-order valence-corrected chi connectivity index (χ1v) is 5.35. The summed E-state index contributed by atoms with van der Waals surface area (Å²) < 4.78 is 0. The number of hydrogen-bond donors (Lipinski definition) is 2. The molecule has 1 aromatic heterocycles. The molecule has 15 heavy (non-hydrogen) atoms. The second kappa shape index (κ2) is 2.83. The molecule has 1 aliphatic rings. The van der Waals surface area contributed by atoms with Crippen molar-refractivity contribution in [2.45, 2.75) is 31.3 Å². The molecule has 2 N–H and O–H groups in total. The summed E-state index contributed by atoms with van der Waals surface area (Å²) in [6.07, 6.45) is 3.69. The van der Waals surface area contributed by atoms with Gasteiger partial charge in [-0.1, -0.05) is 18.2 Å². The Morgan fingerprint density at radius 2 is 2.27 bits per heavy atom. The van der Waals surface area contributed by atoms with Crippen LogP contribution in [0.4, 0.5) is 0 Å². The van der Waals surface area contributed by atoms with Gasteiger partial charge in [0.1, 0.15) is 0 Å². The van der Waals surface area contributed by atoms with Crippen LogP contribution in [0.3, 0.4) is 0 Å². The normalized spacial score (nSPS) is 20.4. The van der Waals surface area contributed by atoms with Gasteiger partial charge in [0.15, 0.2) is 0 Å². The highest BCUT2D eigenvalue weighted by molar-refractivity contribution is 5.82. The molecule has 0 aliphatic heterocycles. The summed E-state index contributed by atoms with van der Waals surface area (Å²) in [5, 5.41) is 18.1. The summed E-state index contributed by atoms with van der Waals surface area (Å²) in [5.74, 6) is 0. The zero-order valence-electron chi connectivity index (χ0n) is 8.70. The zero-order valence-corrected chi connectivity index (χ0v) is 8.70. The van der Waals surface area contributed by atoms with Crippen LogP contribution < -0.4 is 0 Å². The van der Waals surface area contributed by atoms with Crippen LogP contribution in [0.25, 0.3) is 10.9 Å². The molecule has 1 saturated carbocycles. The van der Waals surface area contributed by atoms with Gasteiger partial charge in [-0.3, -0.25) is 5.10 Å². The van der Waals surface area contributed by atoms with Gasteiger partial charge in [0, 0.05) is 10.8 Å². The molecule has 2 aromatic rings. The minimum atomic E-state index is -0.286. The molecule has 0 saturated heterocycles. The van der Waals surface area contributed by atoms with Gasteiger partial charge in [0.05, 0.1) is 17.8 Å². The molecule has 0 radical (unpaired) electrons. The summed E-state index contributed by atoms with van der Waals surface area (Å²) >= 11 is 0. The Bertz CT molecular complexity index is 497. The van der Waals surface area contributed by atoms with Crippen molar-refractivity contribution < 1.29 is 5.11 Å². The zero-order chi connectivity index (χ0) is 10.5. The van der Waals surface area contributed by atoms with E-state index in [4.69, 9.17) is 0 Å². The molecule has 1 fully saturated rings. The van der Waals surface area contributed by atoms with Crippen LogP contribution in [0.5, 0.6) is 0 Å². The van der Waals surface area contributed by atoms with Crippen molar-refractivity contribution in [3.8, 4) is 0 Å². The molecular weight excluding hydrogens is 188 g/mol. The van der Waals surface area contributed by atoms with Crippen LogP contribution in [0.1, 0.15) is 25.3 Å². The quantitative estimate of drug-likeness (QED) is 0.782. The molecule has 0 bridgehead atoms. The van der Waals surface area contributed by atoms with Crippen molar-refractivity contribution in [3.05, 3.63) is 30.0 Å². The van der Waals surface area contributed by atoms with Crippen molar-refractivity contribution in [1.82, 2.24) is 10.2 Å². The van der Waals surface area contributed by atoms with Crippen LogP contribution in [-0.2, 0) is 5.41 Å². The maximum atomic E-state index is 9.86. The van der Waals surface area contributed by atoms with Gasteiger partial charge in [-0.15, -0.1) is 0 Å². The van der Waals surface area contributed by atoms with E-state index in [1.165, 1.54) is 5.56 Å². The van der Waals surface area contributed by atoms with Crippen LogP contribution >= 0.6 is 0 Å². The third-order valence-corrected chi connectivity index (χ3v) is 3.60. The number of aliphatic hydroxyl groups excluding tert-OH is 1. The topological polar surface area (TPSA) is 48.9 Å². The van der Waals surface area contributed by atoms with Gasteiger partial charge in [-0.2, -0.15) is 5.10 Å². The van der Waals surface area contributed by atoms with Gasteiger partial charge in [-0.05, 0) is 25.3 Å². The number of fused-ring (bicyclic) bond motifs is 1. The second-order valence-electron chi connectivity index (χ2n) is 4.47. The minimum absolute atomic E-state index is 0.0218. The number of para-hydroxylation sites is 1. The monoisotopic (exact) mass is 202 g/mol. The molecule has 0 amide bonds. The molecular formula is C12H14N2O. The van der Waals surface area contributed by atoms with Gasteiger partial charge in [0.25, 0.3) is 0 Å². The highest BCUT2D eigenvalue weighted by atomic mass is 16.3. The van der Waals surface area contributed by atoms with E-state index in [-0.39, 0.29) is 11.5 Å². The number of aromatic nitrogens is 2. The molecule has 3 nitrogen and oxygen atoms in total. The van der Waals surface area contributed by atoms with E-state index < -0.39 is 0 Å². The van der Waals surface area contributed by atoms with E-state index >= 15 is 0 Å². The summed E-state index contributed by atoms with van der Waals surface area (Å²) in [6.45, 7) is 1.88. The molecule has 1 aliphatic carbocycles. The lowest BCUT2D eigenvalue weighted by Gasteiger charge is -2.19. The maximum absolute atomic E-state index is 9.86. The fourth-order valence-electron chi connectivity index (χ4n) is 2.43. The number of rotatable bonds is 2. The number of H-pyrrole nitrogens is 1.